The quantitative estimate of drug-likeness (QED) is 0.676. The van der Waals surface area contributed by atoms with Crippen LogP contribution < -0.4 is 4.90 Å². The Kier molecular flexibility index (Phi) is 5.29. The van der Waals surface area contributed by atoms with Crippen LogP contribution in [0, 0.1) is 11.6 Å². The highest BCUT2D eigenvalue weighted by molar-refractivity contribution is 5.41. The molecule has 2 heterocycles. The fourth-order valence-corrected chi connectivity index (χ4v) is 3.80. The lowest BCUT2D eigenvalue weighted by molar-refractivity contribution is 0.176. The third-order valence-corrected chi connectivity index (χ3v) is 5.20. The number of aromatic nitrogens is 4. The summed E-state index contributed by atoms with van der Waals surface area (Å²) in [5.74, 6) is -0.331. The SMILES string of the molecule is CCC(c1ccc(F)cc1F)N1CCN(c2nnnn2-c2ccccc2)CC1. The molecule has 6 nitrogen and oxygen atoms in total. The van der Waals surface area contributed by atoms with E-state index in [2.05, 4.69) is 25.3 Å². The molecule has 0 N–H and O–H groups in total. The molecular weight excluding hydrogens is 362 g/mol. The zero-order valence-electron chi connectivity index (χ0n) is 15.7. The summed E-state index contributed by atoms with van der Waals surface area (Å²) in [4.78, 5) is 4.38. The minimum absolute atomic E-state index is 0.0760. The minimum Gasteiger partial charge on any atom is -0.337 e. The molecule has 3 aromatic rings. The number of rotatable bonds is 5. The molecule has 0 amide bonds. The Morgan fingerprint density at radius 2 is 1.75 bits per heavy atom. The summed E-state index contributed by atoms with van der Waals surface area (Å²) in [5.41, 5.74) is 1.45. The molecule has 1 saturated heterocycles. The minimum atomic E-state index is -0.548. The van der Waals surface area contributed by atoms with Crippen LogP contribution in [-0.4, -0.2) is 51.3 Å². The van der Waals surface area contributed by atoms with Gasteiger partial charge < -0.3 is 4.90 Å². The molecule has 1 aliphatic heterocycles. The van der Waals surface area contributed by atoms with Crippen molar-refractivity contribution < 1.29 is 8.78 Å². The van der Waals surface area contributed by atoms with Gasteiger partial charge in [-0.25, -0.2) is 8.78 Å². The van der Waals surface area contributed by atoms with E-state index >= 15 is 0 Å². The molecule has 0 aliphatic carbocycles. The molecule has 0 saturated carbocycles. The van der Waals surface area contributed by atoms with Gasteiger partial charge in [-0.2, -0.15) is 4.68 Å². The monoisotopic (exact) mass is 384 g/mol. The van der Waals surface area contributed by atoms with Crippen LogP contribution in [0.1, 0.15) is 24.9 Å². The second kappa shape index (κ2) is 8.02. The fourth-order valence-electron chi connectivity index (χ4n) is 3.80. The van der Waals surface area contributed by atoms with E-state index in [9.17, 15) is 8.78 Å². The number of piperazine rings is 1. The van der Waals surface area contributed by atoms with Gasteiger partial charge in [-0.15, -0.1) is 0 Å². The predicted molar refractivity (Wildman–Crippen MR) is 102 cm³/mol. The van der Waals surface area contributed by atoms with E-state index in [0.29, 0.717) is 11.5 Å². The van der Waals surface area contributed by atoms with Gasteiger partial charge in [0.05, 0.1) is 5.69 Å². The zero-order chi connectivity index (χ0) is 19.5. The van der Waals surface area contributed by atoms with E-state index in [0.717, 1.165) is 44.4 Å². The number of nitrogens with zero attached hydrogens (tertiary/aromatic N) is 6. The lowest BCUT2D eigenvalue weighted by atomic mass is 10.0. The molecule has 1 atom stereocenters. The maximum atomic E-state index is 14.3. The fraction of sp³-hybridized carbons (Fsp3) is 0.350. The van der Waals surface area contributed by atoms with E-state index in [4.69, 9.17) is 0 Å². The molecule has 0 radical (unpaired) electrons. The summed E-state index contributed by atoms with van der Waals surface area (Å²) in [6, 6.07) is 13.5. The maximum absolute atomic E-state index is 14.3. The lowest BCUT2D eigenvalue weighted by Gasteiger charge is -2.39. The Hall–Kier alpha value is -2.87. The van der Waals surface area contributed by atoms with Gasteiger partial charge in [0, 0.05) is 43.9 Å². The normalized spacial score (nSPS) is 16.3. The first-order valence-electron chi connectivity index (χ1n) is 9.45. The molecule has 28 heavy (non-hydrogen) atoms. The van der Waals surface area contributed by atoms with Crippen molar-refractivity contribution in [1.29, 1.82) is 0 Å². The van der Waals surface area contributed by atoms with Crippen molar-refractivity contribution in [1.82, 2.24) is 25.1 Å². The van der Waals surface area contributed by atoms with Crippen LogP contribution in [-0.2, 0) is 0 Å². The zero-order valence-corrected chi connectivity index (χ0v) is 15.7. The first-order chi connectivity index (χ1) is 13.7. The Morgan fingerprint density at radius 1 is 1.00 bits per heavy atom. The molecule has 146 valence electrons. The van der Waals surface area contributed by atoms with Crippen LogP contribution in [0.25, 0.3) is 5.69 Å². The van der Waals surface area contributed by atoms with Crippen LogP contribution in [0.2, 0.25) is 0 Å². The van der Waals surface area contributed by atoms with E-state index < -0.39 is 11.6 Å². The van der Waals surface area contributed by atoms with Crippen molar-refractivity contribution >= 4 is 5.95 Å². The van der Waals surface area contributed by atoms with Crippen LogP contribution in [0.3, 0.4) is 0 Å². The standard InChI is InChI=1S/C20H22F2N6/c1-2-19(17-9-8-15(21)14-18(17)22)26-10-12-27(13-11-26)20-23-24-25-28(20)16-6-4-3-5-7-16/h3-9,14,19H,2,10-13H2,1H3. The van der Waals surface area contributed by atoms with Crippen molar-refractivity contribution in [3.63, 3.8) is 0 Å². The smallest absolute Gasteiger partial charge is 0.250 e. The molecule has 2 aromatic carbocycles. The number of halogens is 2. The van der Waals surface area contributed by atoms with Gasteiger partial charge in [-0.3, -0.25) is 4.90 Å². The van der Waals surface area contributed by atoms with Crippen LogP contribution >= 0.6 is 0 Å². The number of benzene rings is 2. The molecular formula is C20H22F2N6. The van der Waals surface area contributed by atoms with Gasteiger partial charge >= 0.3 is 0 Å². The number of hydrogen-bond acceptors (Lipinski definition) is 5. The van der Waals surface area contributed by atoms with Gasteiger partial charge in [-0.05, 0) is 35.0 Å². The Labute approximate surface area is 162 Å². The topological polar surface area (TPSA) is 50.1 Å². The van der Waals surface area contributed by atoms with Gasteiger partial charge in [-0.1, -0.05) is 36.3 Å². The summed E-state index contributed by atoms with van der Waals surface area (Å²) in [5, 5.41) is 12.1. The van der Waals surface area contributed by atoms with Crippen molar-refractivity contribution in [2.75, 3.05) is 31.1 Å². The average molecular weight is 384 g/mol. The first-order valence-corrected chi connectivity index (χ1v) is 9.45. The third-order valence-electron chi connectivity index (χ3n) is 5.20. The van der Waals surface area contributed by atoms with Crippen LogP contribution in [0.15, 0.2) is 48.5 Å². The summed E-state index contributed by atoms with van der Waals surface area (Å²) < 4.78 is 29.3. The number of para-hydroxylation sites is 1. The molecule has 1 unspecified atom stereocenters. The number of hydrogen-bond donors (Lipinski definition) is 0. The van der Waals surface area contributed by atoms with E-state index in [1.54, 1.807) is 10.7 Å². The van der Waals surface area contributed by atoms with Crippen molar-refractivity contribution in [2.45, 2.75) is 19.4 Å². The summed E-state index contributed by atoms with van der Waals surface area (Å²) >= 11 is 0. The second-order valence-corrected chi connectivity index (χ2v) is 6.84. The molecule has 0 bridgehead atoms. The Bertz CT molecular complexity index is 921. The highest BCUT2D eigenvalue weighted by atomic mass is 19.1. The van der Waals surface area contributed by atoms with E-state index in [-0.39, 0.29) is 6.04 Å². The van der Waals surface area contributed by atoms with Crippen LogP contribution in [0.4, 0.5) is 14.7 Å². The summed E-state index contributed by atoms with van der Waals surface area (Å²) in [6.07, 6.45) is 0.754. The average Bonchev–Trinajstić information content (AvgIpc) is 3.21. The molecule has 1 fully saturated rings. The summed E-state index contributed by atoms with van der Waals surface area (Å²) in [7, 11) is 0. The van der Waals surface area contributed by atoms with E-state index in [1.165, 1.54) is 6.07 Å². The highest BCUT2D eigenvalue weighted by Gasteiger charge is 2.28. The predicted octanol–water partition coefficient (Wildman–Crippen LogP) is 3.21. The van der Waals surface area contributed by atoms with Gasteiger partial charge in [0.15, 0.2) is 0 Å². The molecule has 4 rings (SSSR count). The Morgan fingerprint density at radius 3 is 2.43 bits per heavy atom. The van der Waals surface area contributed by atoms with Crippen molar-refractivity contribution in [3.05, 3.63) is 65.7 Å². The lowest BCUT2D eigenvalue weighted by Crippen LogP contribution is -2.48. The number of anilines is 1. The molecule has 8 heteroatoms. The van der Waals surface area contributed by atoms with Crippen molar-refractivity contribution in [3.8, 4) is 5.69 Å². The number of tetrazole rings is 1. The summed E-state index contributed by atoms with van der Waals surface area (Å²) in [6.45, 7) is 4.97. The van der Waals surface area contributed by atoms with Crippen LogP contribution in [0.5, 0.6) is 0 Å². The van der Waals surface area contributed by atoms with E-state index in [1.807, 2.05) is 37.3 Å². The molecule has 1 aromatic heterocycles. The second-order valence-electron chi connectivity index (χ2n) is 6.84. The van der Waals surface area contributed by atoms with Gasteiger partial charge in [0.1, 0.15) is 11.6 Å². The largest absolute Gasteiger partial charge is 0.337 e. The molecule has 0 spiro atoms. The Balaban J connectivity index is 1.49. The highest BCUT2D eigenvalue weighted by Crippen LogP contribution is 2.29. The van der Waals surface area contributed by atoms with Crippen molar-refractivity contribution in [2.24, 2.45) is 0 Å². The van der Waals surface area contributed by atoms with Gasteiger partial charge in [0.25, 0.3) is 0 Å². The maximum Gasteiger partial charge on any atom is 0.250 e. The third kappa shape index (κ3) is 3.60. The first kappa shape index (κ1) is 18.5. The molecule has 1 aliphatic rings. The van der Waals surface area contributed by atoms with Gasteiger partial charge in [0.2, 0.25) is 5.95 Å².